The van der Waals surface area contributed by atoms with Crippen molar-refractivity contribution in [2.45, 2.75) is 19.1 Å². The highest BCUT2D eigenvalue weighted by Gasteiger charge is 2.15. The first kappa shape index (κ1) is 17.1. The Morgan fingerprint density at radius 3 is 2.29 bits per heavy atom. The number of aromatic hydroxyl groups is 1. The van der Waals surface area contributed by atoms with Crippen LogP contribution < -0.4 is 5.73 Å². The lowest BCUT2D eigenvalue weighted by Crippen LogP contribution is -2.34. The first-order chi connectivity index (χ1) is 9.65. The van der Waals surface area contributed by atoms with Crippen molar-refractivity contribution < 1.29 is 14.6 Å². The Morgan fingerprint density at radius 1 is 1.05 bits per heavy atom. The molecular formula is C16H19NO3S. The van der Waals surface area contributed by atoms with E-state index in [1.807, 2.05) is 30.3 Å². The van der Waals surface area contributed by atoms with Crippen molar-refractivity contribution in [3.8, 4) is 5.75 Å². The summed E-state index contributed by atoms with van der Waals surface area (Å²) in [4.78, 5) is 11.8. The number of hydrogen-bond acceptors (Lipinski definition) is 4. The smallest absolute Gasteiger partial charge is 0.323 e. The lowest BCUT2D eigenvalue weighted by Gasteiger charge is -2.11. The number of hydrogen-bond donors (Lipinski definition) is 2. The van der Waals surface area contributed by atoms with Gasteiger partial charge in [-0.2, -0.15) is 13.5 Å². The van der Waals surface area contributed by atoms with Crippen molar-refractivity contribution in [1.82, 2.24) is 0 Å². The van der Waals surface area contributed by atoms with E-state index >= 15 is 0 Å². The third-order valence-corrected chi connectivity index (χ3v) is 2.92. The van der Waals surface area contributed by atoms with Gasteiger partial charge in [0.05, 0.1) is 0 Å². The molecule has 4 nitrogen and oxygen atoms in total. The minimum atomic E-state index is -0.705. The molecule has 0 aliphatic carbocycles. The summed E-state index contributed by atoms with van der Waals surface area (Å²) in [7, 11) is 0. The van der Waals surface area contributed by atoms with Gasteiger partial charge in [0.1, 0.15) is 18.4 Å². The van der Waals surface area contributed by atoms with Crippen molar-refractivity contribution in [1.29, 1.82) is 0 Å². The first-order valence-electron chi connectivity index (χ1n) is 6.39. The molecule has 2 rings (SSSR count). The summed E-state index contributed by atoms with van der Waals surface area (Å²) in [5.74, 6) is -0.240. The summed E-state index contributed by atoms with van der Waals surface area (Å²) in [6, 6.07) is 15.4. The fourth-order valence-electron chi connectivity index (χ4n) is 1.81. The molecule has 21 heavy (non-hydrogen) atoms. The zero-order valence-electron chi connectivity index (χ0n) is 11.5. The van der Waals surface area contributed by atoms with Gasteiger partial charge in [0.15, 0.2) is 0 Å². The maximum absolute atomic E-state index is 11.8. The van der Waals surface area contributed by atoms with Crippen molar-refractivity contribution in [3.63, 3.8) is 0 Å². The van der Waals surface area contributed by atoms with E-state index in [0.717, 1.165) is 11.1 Å². The third-order valence-electron chi connectivity index (χ3n) is 2.92. The average Bonchev–Trinajstić information content (AvgIpc) is 2.48. The van der Waals surface area contributed by atoms with Gasteiger partial charge in [-0.3, -0.25) is 4.79 Å². The molecule has 0 fully saturated rings. The Bertz CT molecular complexity index is 557. The monoisotopic (exact) mass is 305 g/mol. The predicted molar refractivity (Wildman–Crippen MR) is 86.4 cm³/mol. The van der Waals surface area contributed by atoms with Crippen molar-refractivity contribution in [3.05, 3.63) is 65.7 Å². The van der Waals surface area contributed by atoms with Gasteiger partial charge in [0.25, 0.3) is 0 Å². The van der Waals surface area contributed by atoms with Crippen molar-refractivity contribution in [2.75, 3.05) is 0 Å². The summed E-state index contributed by atoms with van der Waals surface area (Å²) in [6.07, 6.45) is 0.383. The van der Waals surface area contributed by atoms with Crippen LogP contribution in [0.4, 0.5) is 0 Å². The van der Waals surface area contributed by atoms with Crippen LogP contribution in [0.15, 0.2) is 54.6 Å². The second-order valence-electron chi connectivity index (χ2n) is 4.57. The van der Waals surface area contributed by atoms with Gasteiger partial charge in [0.2, 0.25) is 0 Å². The molecule has 2 aromatic carbocycles. The van der Waals surface area contributed by atoms with E-state index in [4.69, 9.17) is 10.5 Å². The summed E-state index contributed by atoms with van der Waals surface area (Å²) in [6.45, 7) is 0.225. The molecular weight excluding hydrogens is 286 g/mol. The van der Waals surface area contributed by atoms with Crippen LogP contribution >= 0.6 is 13.5 Å². The highest BCUT2D eigenvalue weighted by molar-refractivity contribution is 7.59. The summed E-state index contributed by atoms with van der Waals surface area (Å²) >= 11 is 0. The van der Waals surface area contributed by atoms with Gasteiger partial charge in [-0.1, -0.05) is 42.5 Å². The van der Waals surface area contributed by atoms with Crippen LogP contribution in [0.3, 0.4) is 0 Å². The molecule has 0 amide bonds. The molecule has 0 aliphatic rings. The van der Waals surface area contributed by atoms with Gasteiger partial charge in [-0.15, -0.1) is 0 Å². The van der Waals surface area contributed by atoms with Gasteiger partial charge in [0, 0.05) is 0 Å². The maximum Gasteiger partial charge on any atom is 0.323 e. The minimum Gasteiger partial charge on any atom is -0.508 e. The van der Waals surface area contributed by atoms with Gasteiger partial charge >= 0.3 is 5.97 Å². The lowest BCUT2D eigenvalue weighted by molar-refractivity contribution is -0.146. The van der Waals surface area contributed by atoms with Crippen LogP contribution in [0.2, 0.25) is 0 Å². The van der Waals surface area contributed by atoms with Crippen LogP contribution in [-0.2, 0) is 22.6 Å². The number of ether oxygens (including phenoxy) is 1. The van der Waals surface area contributed by atoms with E-state index in [1.165, 1.54) is 0 Å². The van der Waals surface area contributed by atoms with E-state index in [-0.39, 0.29) is 25.9 Å². The van der Waals surface area contributed by atoms with Crippen LogP contribution in [0.5, 0.6) is 5.75 Å². The Labute approximate surface area is 131 Å². The zero-order valence-corrected chi connectivity index (χ0v) is 12.5. The quantitative estimate of drug-likeness (QED) is 0.830. The number of carbonyl (C=O) groups is 1. The van der Waals surface area contributed by atoms with Crippen LogP contribution in [0.1, 0.15) is 11.1 Å². The Morgan fingerprint density at radius 2 is 1.67 bits per heavy atom. The van der Waals surface area contributed by atoms with Crippen LogP contribution in [0.25, 0.3) is 0 Å². The highest BCUT2D eigenvalue weighted by Crippen LogP contribution is 2.11. The molecule has 0 saturated heterocycles. The number of phenols is 1. The third kappa shape index (κ3) is 5.49. The number of phenolic OH excluding ortho intramolecular Hbond substituents is 1. The van der Waals surface area contributed by atoms with E-state index in [1.54, 1.807) is 24.3 Å². The fourth-order valence-corrected chi connectivity index (χ4v) is 1.81. The SMILES string of the molecule is N[C@@H](Cc1ccc(O)cc1)C(=O)OCc1ccccc1.S. The molecule has 3 N–H and O–H groups in total. The average molecular weight is 305 g/mol. The van der Waals surface area contributed by atoms with E-state index in [9.17, 15) is 9.90 Å². The van der Waals surface area contributed by atoms with Gasteiger partial charge in [-0.05, 0) is 29.7 Å². The molecule has 0 aromatic heterocycles. The largest absolute Gasteiger partial charge is 0.508 e. The molecule has 0 aliphatic heterocycles. The molecule has 112 valence electrons. The van der Waals surface area contributed by atoms with Crippen LogP contribution in [0, 0.1) is 0 Å². The Kier molecular flexibility index (Phi) is 6.78. The normalized spacial score (nSPS) is 11.3. The maximum atomic E-state index is 11.8. The number of nitrogens with two attached hydrogens (primary N) is 1. The van der Waals surface area contributed by atoms with Gasteiger partial charge < -0.3 is 15.6 Å². The van der Waals surface area contributed by atoms with E-state index < -0.39 is 12.0 Å². The summed E-state index contributed by atoms with van der Waals surface area (Å²) < 4.78 is 5.17. The minimum absolute atomic E-state index is 0. The second kappa shape index (κ2) is 8.34. The standard InChI is InChI=1S/C16H17NO3.H2S/c17-15(10-12-6-8-14(18)9-7-12)16(19)20-11-13-4-2-1-3-5-13;/h1-9,15,18H,10-11,17H2;1H2/t15-;/m0./s1. The van der Waals surface area contributed by atoms with Crippen molar-refractivity contribution in [2.24, 2.45) is 5.73 Å². The number of rotatable bonds is 5. The molecule has 0 heterocycles. The van der Waals surface area contributed by atoms with Crippen molar-refractivity contribution >= 4 is 19.5 Å². The molecule has 0 spiro atoms. The number of esters is 1. The molecule has 5 heteroatoms. The van der Waals surface area contributed by atoms with Gasteiger partial charge in [-0.25, -0.2) is 0 Å². The lowest BCUT2D eigenvalue weighted by atomic mass is 10.1. The topological polar surface area (TPSA) is 72.5 Å². The number of carbonyl (C=O) groups excluding carboxylic acids is 1. The predicted octanol–water partition coefficient (Wildman–Crippen LogP) is 2.12. The Hall–Kier alpha value is -1.98. The molecule has 1 atom stereocenters. The van der Waals surface area contributed by atoms with E-state index in [0.29, 0.717) is 6.42 Å². The zero-order chi connectivity index (χ0) is 14.4. The first-order valence-corrected chi connectivity index (χ1v) is 6.39. The molecule has 0 radical (unpaired) electrons. The Balaban J connectivity index is 0.00000220. The van der Waals surface area contributed by atoms with E-state index in [2.05, 4.69) is 0 Å². The molecule has 0 bridgehead atoms. The molecule has 0 saturated carbocycles. The second-order valence-corrected chi connectivity index (χ2v) is 4.57. The molecule has 0 unspecified atom stereocenters. The fraction of sp³-hybridized carbons (Fsp3) is 0.188. The summed E-state index contributed by atoms with van der Waals surface area (Å²) in [5.41, 5.74) is 7.62. The van der Waals surface area contributed by atoms with Crippen LogP contribution in [-0.4, -0.2) is 17.1 Å². The molecule has 2 aromatic rings. The summed E-state index contributed by atoms with van der Waals surface area (Å²) in [5, 5.41) is 9.19. The number of benzene rings is 2. The highest BCUT2D eigenvalue weighted by atomic mass is 32.1.